The van der Waals surface area contributed by atoms with Crippen molar-refractivity contribution in [3.63, 3.8) is 0 Å². The Morgan fingerprint density at radius 2 is 1.43 bits per heavy atom. The van der Waals surface area contributed by atoms with Gasteiger partial charge >= 0.3 is 64.7 Å². The second-order valence-corrected chi connectivity index (χ2v) is 6.72. The standard InChI is InChI=1S/C8H12N2O.C6H5O.2H2O.Pt/c9-5-7(10)6-3-1-2-4-8(6)11;7-6-4-2-1-3-5-6;;;/h1-4,7,11H,5,9-10H2;1-4,7H;2*1H2;/q;;;;+2/p-2. The van der Waals surface area contributed by atoms with Crippen LogP contribution in [0.4, 0.5) is 0 Å². The molecule has 7 heteroatoms. The van der Waals surface area contributed by atoms with Crippen LogP contribution in [-0.4, -0.2) is 24.3 Å². The quantitative estimate of drug-likeness (QED) is 0.365. The zero-order valence-corrected chi connectivity index (χ0v) is 13.4. The summed E-state index contributed by atoms with van der Waals surface area (Å²) >= 11 is -2.98. The first-order valence-corrected chi connectivity index (χ1v) is 9.15. The molecule has 0 fully saturated rings. The van der Waals surface area contributed by atoms with Gasteiger partial charge in [0, 0.05) is 18.2 Å². The summed E-state index contributed by atoms with van der Waals surface area (Å²) in [5, 5.41) is 18.3. The third-order valence-electron chi connectivity index (χ3n) is 2.57. The Kier molecular flexibility index (Phi) is 7.36. The normalized spacial score (nSPS) is 12.1. The van der Waals surface area contributed by atoms with Crippen molar-refractivity contribution in [3.8, 4) is 11.5 Å². The average Bonchev–Trinajstić information content (AvgIpc) is 2.48. The number of aromatic hydroxyl groups is 2. The Balaban J connectivity index is 0.000000211. The summed E-state index contributed by atoms with van der Waals surface area (Å²) in [7, 11) is 0. The molecule has 0 aliphatic heterocycles. The van der Waals surface area contributed by atoms with E-state index in [0.717, 1.165) is 0 Å². The van der Waals surface area contributed by atoms with Crippen LogP contribution in [0.15, 0.2) is 48.5 Å². The number of benzene rings is 2. The second-order valence-electron chi connectivity index (χ2n) is 4.02. The molecule has 0 bridgehead atoms. The van der Waals surface area contributed by atoms with Crippen molar-refractivity contribution in [1.82, 2.24) is 0 Å². The Hall–Kier alpha value is -1.43. The third kappa shape index (κ3) is 5.45. The van der Waals surface area contributed by atoms with Crippen molar-refractivity contribution < 1.29 is 35.8 Å². The molecule has 2 rings (SSSR count). The van der Waals surface area contributed by atoms with Gasteiger partial charge < -0.3 is 16.6 Å². The number of nitrogens with two attached hydrogens (primary N) is 2. The van der Waals surface area contributed by atoms with Crippen molar-refractivity contribution >= 4 is 3.95 Å². The van der Waals surface area contributed by atoms with E-state index in [1.807, 2.05) is 6.07 Å². The predicted octanol–water partition coefficient (Wildman–Crippen LogP) is -0.199. The van der Waals surface area contributed by atoms with E-state index in [2.05, 4.69) is 0 Å². The summed E-state index contributed by atoms with van der Waals surface area (Å²) in [6.45, 7) is 0.345. The van der Waals surface area contributed by atoms with Gasteiger partial charge in [0.25, 0.3) is 0 Å². The molecule has 6 nitrogen and oxygen atoms in total. The molecular weight excluding hydrogens is 455 g/mol. The Morgan fingerprint density at radius 3 is 1.86 bits per heavy atom. The van der Waals surface area contributed by atoms with E-state index >= 15 is 0 Å². The predicted molar refractivity (Wildman–Crippen MR) is 76.3 cm³/mol. The van der Waals surface area contributed by atoms with E-state index in [1.54, 1.807) is 30.3 Å². The van der Waals surface area contributed by atoms with Gasteiger partial charge in [-0.25, -0.2) is 0 Å². The molecule has 1 atom stereocenters. The molecule has 0 aliphatic rings. The molecule has 0 saturated carbocycles. The molecule has 0 saturated heterocycles. The zero-order valence-electron chi connectivity index (χ0n) is 11.2. The van der Waals surface area contributed by atoms with Gasteiger partial charge in [0.05, 0.1) is 0 Å². The Bertz CT molecular complexity index is 566. The summed E-state index contributed by atoms with van der Waals surface area (Å²) in [5.41, 5.74) is 11.7. The molecule has 0 aliphatic carbocycles. The van der Waals surface area contributed by atoms with Crippen molar-refractivity contribution in [2.75, 3.05) is 6.54 Å². The fraction of sp³-hybridized carbons (Fsp3) is 0.143. The summed E-state index contributed by atoms with van der Waals surface area (Å²) < 4.78 is 17.8. The third-order valence-corrected chi connectivity index (χ3v) is 4.62. The molecule has 0 aromatic heterocycles. The van der Waals surface area contributed by atoms with Crippen molar-refractivity contribution in [2.45, 2.75) is 6.04 Å². The molecule has 2 aromatic rings. The van der Waals surface area contributed by atoms with Crippen LogP contribution in [0.2, 0.25) is 0 Å². The minimum atomic E-state index is -2.98. The number of phenolic OH excluding ortho intramolecular Hbond substituents is 2. The number of hydrogen-bond donors (Lipinski definition) is 6. The van der Waals surface area contributed by atoms with E-state index in [-0.39, 0.29) is 21.5 Å². The maximum atomic E-state index is 9.28. The van der Waals surface area contributed by atoms with Crippen molar-refractivity contribution in [3.05, 3.63) is 54.1 Å². The minimum absolute atomic E-state index is 0.0296. The number of phenols is 2. The van der Waals surface area contributed by atoms with Gasteiger partial charge in [-0.3, -0.25) is 0 Å². The molecular formula is C14H19N2O4Pt. The van der Waals surface area contributed by atoms with E-state index in [4.69, 9.17) is 24.1 Å². The summed E-state index contributed by atoms with van der Waals surface area (Å²) in [4.78, 5) is 0. The van der Waals surface area contributed by atoms with Gasteiger partial charge in [-0.05, 0) is 6.07 Å². The summed E-state index contributed by atoms with van der Waals surface area (Å²) in [6, 6.07) is 12.9. The number of hydrogen-bond acceptors (Lipinski definition) is 6. The van der Waals surface area contributed by atoms with Crippen LogP contribution in [0, 0.1) is 0 Å². The first-order valence-electron chi connectivity index (χ1n) is 5.98. The first kappa shape index (κ1) is 17.6. The van der Waals surface area contributed by atoms with E-state index in [0.29, 0.717) is 12.1 Å². The molecule has 0 radical (unpaired) electrons. The van der Waals surface area contributed by atoms with Crippen LogP contribution in [0.25, 0.3) is 0 Å². The summed E-state index contributed by atoms with van der Waals surface area (Å²) in [5.74, 6) is 0.184. The van der Waals surface area contributed by atoms with Crippen LogP contribution >= 0.6 is 0 Å². The van der Waals surface area contributed by atoms with Crippen LogP contribution in [0.3, 0.4) is 0 Å². The fourth-order valence-corrected chi connectivity index (χ4v) is 2.76. The van der Waals surface area contributed by atoms with E-state index in [1.165, 1.54) is 12.1 Å². The number of rotatable bonds is 3. The second kappa shape index (κ2) is 8.77. The van der Waals surface area contributed by atoms with Gasteiger partial charge in [-0.2, -0.15) is 0 Å². The van der Waals surface area contributed by atoms with Crippen LogP contribution in [-0.2, 0) is 18.1 Å². The van der Waals surface area contributed by atoms with Crippen LogP contribution in [0.1, 0.15) is 11.6 Å². The van der Waals surface area contributed by atoms with Gasteiger partial charge in [0.15, 0.2) is 0 Å². The van der Waals surface area contributed by atoms with Crippen LogP contribution < -0.4 is 15.4 Å². The fourth-order valence-electron chi connectivity index (χ4n) is 1.49. The van der Waals surface area contributed by atoms with E-state index < -0.39 is 18.1 Å². The molecule has 21 heavy (non-hydrogen) atoms. The van der Waals surface area contributed by atoms with E-state index in [9.17, 15) is 5.11 Å². The average molecular weight is 474 g/mol. The molecule has 8 N–H and O–H groups in total. The van der Waals surface area contributed by atoms with Crippen molar-refractivity contribution in [1.29, 1.82) is 0 Å². The monoisotopic (exact) mass is 474 g/mol. The van der Waals surface area contributed by atoms with Gasteiger partial charge in [-0.15, -0.1) is 0 Å². The topological polar surface area (TPSA) is 133 Å². The molecule has 0 amide bonds. The maximum absolute atomic E-state index is 9.28. The Labute approximate surface area is 129 Å². The molecule has 1 unspecified atom stereocenters. The molecule has 119 valence electrons. The molecule has 0 spiro atoms. The van der Waals surface area contributed by atoms with Gasteiger partial charge in [0.1, 0.15) is 5.75 Å². The zero-order chi connectivity index (χ0) is 15.8. The molecule has 2 aromatic carbocycles. The van der Waals surface area contributed by atoms with Gasteiger partial charge in [-0.1, -0.05) is 18.2 Å². The molecule has 0 heterocycles. The Morgan fingerprint density at radius 1 is 0.905 bits per heavy atom. The number of para-hydroxylation sites is 2. The first-order chi connectivity index (χ1) is 9.97. The van der Waals surface area contributed by atoms with Gasteiger partial charge in [0.2, 0.25) is 0 Å². The summed E-state index contributed by atoms with van der Waals surface area (Å²) in [6.07, 6.45) is 0. The van der Waals surface area contributed by atoms with Crippen molar-refractivity contribution in [2.24, 2.45) is 11.5 Å². The SMILES string of the molecule is NCC(N)c1ccccc1O.Oc1cccc[c]1[Pt]([OH])[OH]. The van der Waals surface area contributed by atoms with Crippen LogP contribution in [0.5, 0.6) is 11.5 Å².